The molecule has 2 aromatic rings. The number of furan rings is 1. The number of hydrogen-bond acceptors (Lipinski definition) is 2. The first-order valence-electron chi connectivity index (χ1n) is 6.72. The molecule has 0 aliphatic rings. The van der Waals surface area contributed by atoms with Crippen LogP contribution >= 0.6 is 0 Å². The summed E-state index contributed by atoms with van der Waals surface area (Å²) in [5, 5.41) is 3.45. The number of nitrogens with one attached hydrogen (secondary N) is 1. The zero-order valence-electron chi connectivity index (χ0n) is 10.8. The molecule has 0 aliphatic carbocycles. The first kappa shape index (κ1) is 12.9. The molecule has 0 radical (unpaired) electrons. The second-order valence-electron chi connectivity index (χ2n) is 4.52. The van der Waals surface area contributed by atoms with Gasteiger partial charge in [0.05, 0.1) is 6.26 Å². The topological polar surface area (TPSA) is 25.2 Å². The van der Waals surface area contributed by atoms with E-state index in [4.69, 9.17) is 4.42 Å². The van der Waals surface area contributed by atoms with Crippen molar-refractivity contribution in [2.24, 2.45) is 0 Å². The number of aryl methyl sites for hydroxylation is 1. The van der Waals surface area contributed by atoms with E-state index in [9.17, 15) is 0 Å². The third-order valence-electron chi connectivity index (χ3n) is 3.04. The van der Waals surface area contributed by atoms with Crippen molar-refractivity contribution in [2.75, 3.05) is 13.1 Å². The molecule has 0 saturated heterocycles. The van der Waals surface area contributed by atoms with Gasteiger partial charge in [-0.3, -0.25) is 0 Å². The summed E-state index contributed by atoms with van der Waals surface area (Å²) >= 11 is 0. The third-order valence-corrected chi connectivity index (χ3v) is 3.04. The van der Waals surface area contributed by atoms with Crippen LogP contribution in [0.2, 0.25) is 0 Å². The van der Waals surface area contributed by atoms with Crippen LogP contribution in [0.15, 0.2) is 53.1 Å². The Hall–Kier alpha value is -1.54. The average molecular weight is 243 g/mol. The Morgan fingerprint density at radius 2 is 1.72 bits per heavy atom. The lowest BCUT2D eigenvalue weighted by molar-refractivity contribution is 0.497. The second kappa shape index (κ2) is 7.72. The Bertz CT molecular complexity index is 408. The summed E-state index contributed by atoms with van der Waals surface area (Å²) in [5.41, 5.74) is 1.44. The minimum atomic E-state index is 0.978. The SMILES string of the molecule is c1ccc(CCCCNCCc2ccco2)cc1. The molecule has 2 rings (SSSR count). The minimum Gasteiger partial charge on any atom is -0.469 e. The highest BCUT2D eigenvalue weighted by Gasteiger charge is 1.95. The van der Waals surface area contributed by atoms with E-state index in [0.29, 0.717) is 0 Å². The van der Waals surface area contributed by atoms with Crippen molar-refractivity contribution in [1.82, 2.24) is 5.32 Å². The summed E-state index contributed by atoms with van der Waals surface area (Å²) in [7, 11) is 0. The molecule has 1 aromatic heterocycles. The van der Waals surface area contributed by atoms with Crippen molar-refractivity contribution in [1.29, 1.82) is 0 Å². The van der Waals surface area contributed by atoms with Crippen LogP contribution in [0, 0.1) is 0 Å². The van der Waals surface area contributed by atoms with Gasteiger partial charge in [0.2, 0.25) is 0 Å². The maximum atomic E-state index is 5.28. The van der Waals surface area contributed by atoms with E-state index < -0.39 is 0 Å². The van der Waals surface area contributed by atoms with E-state index in [2.05, 4.69) is 35.6 Å². The van der Waals surface area contributed by atoms with Crippen LogP contribution in [-0.2, 0) is 12.8 Å². The van der Waals surface area contributed by atoms with Gasteiger partial charge in [-0.2, -0.15) is 0 Å². The van der Waals surface area contributed by atoms with Gasteiger partial charge in [-0.15, -0.1) is 0 Å². The quantitative estimate of drug-likeness (QED) is 0.718. The van der Waals surface area contributed by atoms with Crippen LogP contribution in [-0.4, -0.2) is 13.1 Å². The molecular weight excluding hydrogens is 222 g/mol. The van der Waals surface area contributed by atoms with Gasteiger partial charge >= 0.3 is 0 Å². The van der Waals surface area contributed by atoms with Gasteiger partial charge in [0.25, 0.3) is 0 Å². The van der Waals surface area contributed by atoms with Gasteiger partial charge in [-0.05, 0) is 43.5 Å². The van der Waals surface area contributed by atoms with Crippen molar-refractivity contribution in [2.45, 2.75) is 25.7 Å². The number of unbranched alkanes of at least 4 members (excludes halogenated alkanes) is 1. The highest BCUT2D eigenvalue weighted by molar-refractivity contribution is 5.14. The highest BCUT2D eigenvalue weighted by Crippen LogP contribution is 2.04. The Labute approximate surface area is 109 Å². The minimum absolute atomic E-state index is 0.978. The third kappa shape index (κ3) is 4.76. The van der Waals surface area contributed by atoms with E-state index in [0.717, 1.165) is 25.3 Å². The number of rotatable bonds is 8. The molecule has 1 aromatic carbocycles. The highest BCUT2D eigenvalue weighted by atomic mass is 16.3. The van der Waals surface area contributed by atoms with Gasteiger partial charge in [0, 0.05) is 13.0 Å². The van der Waals surface area contributed by atoms with E-state index in [1.165, 1.54) is 24.8 Å². The van der Waals surface area contributed by atoms with E-state index in [1.807, 2.05) is 12.1 Å². The Kier molecular flexibility index (Phi) is 5.54. The number of hydrogen-bond donors (Lipinski definition) is 1. The first-order valence-corrected chi connectivity index (χ1v) is 6.72. The largest absolute Gasteiger partial charge is 0.469 e. The predicted octanol–water partition coefficient (Wildman–Crippen LogP) is 3.43. The Morgan fingerprint density at radius 3 is 2.50 bits per heavy atom. The standard InChI is InChI=1S/C16H21NO/c1-2-7-15(8-3-1)9-4-5-12-17-13-11-16-10-6-14-18-16/h1-3,6-8,10,14,17H,4-5,9,11-13H2. The molecule has 0 aliphatic heterocycles. The lowest BCUT2D eigenvalue weighted by Gasteiger charge is -2.04. The van der Waals surface area contributed by atoms with E-state index >= 15 is 0 Å². The molecule has 1 heterocycles. The van der Waals surface area contributed by atoms with Gasteiger partial charge in [0.1, 0.15) is 5.76 Å². The van der Waals surface area contributed by atoms with Gasteiger partial charge in [-0.25, -0.2) is 0 Å². The van der Waals surface area contributed by atoms with Crippen molar-refractivity contribution in [3.8, 4) is 0 Å². The molecular formula is C16H21NO. The van der Waals surface area contributed by atoms with Crippen LogP contribution in [0.25, 0.3) is 0 Å². The molecule has 0 fully saturated rings. The predicted molar refractivity (Wildman–Crippen MR) is 74.7 cm³/mol. The van der Waals surface area contributed by atoms with Crippen molar-refractivity contribution in [3.05, 3.63) is 60.1 Å². The zero-order chi connectivity index (χ0) is 12.5. The molecule has 18 heavy (non-hydrogen) atoms. The molecule has 0 amide bonds. The molecule has 0 saturated carbocycles. The normalized spacial score (nSPS) is 10.7. The van der Waals surface area contributed by atoms with E-state index in [-0.39, 0.29) is 0 Å². The molecule has 96 valence electrons. The summed E-state index contributed by atoms with van der Waals surface area (Å²) in [6.07, 6.45) is 6.37. The molecule has 2 nitrogen and oxygen atoms in total. The summed E-state index contributed by atoms with van der Waals surface area (Å²) in [6.45, 7) is 2.09. The maximum absolute atomic E-state index is 5.28. The average Bonchev–Trinajstić information content (AvgIpc) is 2.92. The van der Waals surface area contributed by atoms with Crippen molar-refractivity contribution < 1.29 is 4.42 Å². The van der Waals surface area contributed by atoms with Gasteiger partial charge in [0.15, 0.2) is 0 Å². The van der Waals surface area contributed by atoms with E-state index in [1.54, 1.807) is 6.26 Å². The zero-order valence-corrected chi connectivity index (χ0v) is 10.8. The summed E-state index contributed by atoms with van der Waals surface area (Å²) < 4.78 is 5.28. The fourth-order valence-corrected chi connectivity index (χ4v) is 2.02. The van der Waals surface area contributed by atoms with Gasteiger partial charge < -0.3 is 9.73 Å². The van der Waals surface area contributed by atoms with Crippen LogP contribution in [0.4, 0.5) is 0 Å². The smallest absolute Gasteiger partial charge is 0.105 e. The lowest BCUT2D eigenvalue weighted by Crippen LogP contribution is -2.18. The van der Waals surface area contributed by atoms with Crippen molar-refractivity contribution in [3.63, 3.8) is 0 Å². The monoisotopic (exact) mass is 243 g/mol. The van der Waals surface area contributed by atoms with Crippen molar-refractivity contribution >= 4 is 0 Å². The molecule has 1 N–H and O–H groups in total. The van der Waals surface area contributed by atoms with Crippen LogP contribution < -0.4 is 5.32 Å². The molecule has 0 unspecified atom stereocenters. The fourth-order valence-electron chi connectivity index (χ4n) is 2.02. The summed E-state index contributed by atoms with van der Waals surface area (Å²) in [5.74, 6) is 1.06. The van der Waals surface area contributed by atoms with Gasteiger partial charge in [-0.1, -0.05) is 30.3 Å². The Morgan fingerprint density at radius 1 is 0.833 bits per heavy atom. The summed E-state index contributed by atoms with van der Waals surface area (Å²) in [6, 6.07) is 14.6. The Balaban J connectivity index is 1.47. The molecule has 2 heteroatoms. The second-order valence-corrected chi connectivity index (χ2v) is 4.52. The van der Waals surface area contributed by atoms with Crippen LogP contribution in [0.3, 0.4) is 0 Å². The fraction of sp³-hybridized carbons (Fsp3) is 0.375. The first-order chi connectivity index (χ1) is 8.95. The number of benzene rings is 1. The summed E-state index contributed by atoms with van der Waals surface area (Å²) in [4.78, 5) is 0. The maximum Gasteiger partial charge on any atom is 0.105 e. The van der Waals surface area contributed by atoms with Crippen LogP contribution in [0.5, 0.6) is 0 Å². The molecule has 0 spiro atoms. The molecule has 0 bridgehead atoms. The van der Waals surface area contributed by atoms with Crippen LogP contribution in [0.1, 0.15) is 24.2 Å². The lowest BCUT2D eigenvalue weighted by atomic mass is 10.1. The molecule has 0 atom stereocenters.